The summed E-state index contributed by atoms with van der Waals surface area (Å²) in [6, 6.07) is 3.71. The predicted octanol–water partition coefficient (Wildman–Crippen LogP) is 2.06. The fourth-order valence-electron chi connectivity index (χ4n) is 3.47. The molecular formula is C19H26N4O4. The number of carbonyl (C=O) groups is 1. The van der Waals surface area contributed by atoms with Gasteiger partial charge in [-0.3, -0.25) is 9.78 Å². The van der Waals surface area contributed by atoms with Crippen molar-refractivity contribution in [3.8, 4) is 11.5 Å². The van der Waals surface area contributed by atoms with Crippen molar-refractivity contribution >= 4 is 5.91 Å². The maximum Gasteiger partial charge on any atom is 0.259 e. The Balaban J connectivity index is 1.84. The van der Waals surface area contributed by atoms with Gasteiger partial charge in [0.2, 0.25) is 5.91 Å². The van der Waals surface area contributed by atoms with Gasteiger partial charge in [-0.1, -0.05) is 5.16 Å². The summed E-state index contributed by atoms with van der Waals surface area (Å²) in [5, 5.41) is 4.26. The third kappa shape index (κ3) is 4.51. The van der Waals surface area contributed by atoms with Gasteiger partial charge in [0.05, 0.1) is 11.0 Å². The fraction of sp³-hybridized carbons (Fsp3) is 0.579. The summed E-state index contributed by atoms with van der Waals surface area (Å²) < 4.78 is 16.1. The second-order valence-corrected chi connectivity index (χ2v) is 6.74. The minimum Gasteiger partial charge on any atom is -0.385 e. The number of carbonyl (C=O) groups excluding carboxylic acids is 1. The van der Waals surface area contributed by atoms with E-state index < -0.39 is 0 Å². The Hall–Kier alpha value is -2.32. The van der Waals surface area contributed by atoms with Gasteiger partial charge in [0.15, 0.2) is 5.82 Å². The van der Waals surface area contributed by atoms with E-state index in [0.29, 0.717) is 44.4 Å². The lowest BCUT2D eigenvalue weighted by atomic mass is 9.76. The van der Waals surface area contributed by atoms with Crippen LogP contribution >= 0.6 is 0 Å². The SMILES string of the molecule is CCOCC(=O)N1CCCC(CCOC)(c2noc(-c3cccnc3)n2)C1. The number of pyridine rings is 1. The van der Waals surface area contributed by atoms with Crippen LogP contribution in [-0.4, -0.2) is 66.0 Å². The molecule has 27 heavy (non-hydrogen) atoms. The Bertz CT molecular complexity index is 736. The van der Waals surface area contributed by atoms with Crippen LogP contribution in [-0.2, 0) is 19.7 Å². The highest BCUT2D eigenvalue weighted by Gasteiger charge is 2.42. The molecule has 146 valence electrons. The first-order valence-corrected chi connectivity index (χ1v) is 9.27. The number of nitrogens with zero attached hydrogens (tertiary/aromatic N) is 4. The first-order valence-electron chi connectivity index (χ1n) is 9.27. The van der Waals surface area contributed by atoms with Crippen molar-refractivity contribution in [2.24, 2.45) is 0 Å². The van der Waals surface area contributed by atoms with Crippen LogP contribution in [0.25, 0.3) is 11.5 Å². The molecule has 8 nitrogen and oxygen atoms in total. The zero-order chi connectivity index (χ0) is 19.1. The molecule has 3 heterocycles. The molecule has 0 aromatic carbocycles. The van der Waals surface area contributed by atoms with E-state index in [1.807, 2.05) is 24.0 Å². The average Bonchev–Trinajstić information content (AvgIpc) is 3.22. The molecule has 1 saturated heterocycles. The number of rotatable bonds is 8. The highest BCUT2D eigenvalue weighted by Crippen LogP contribution is 2.36. The first kappa shape index (κ1) is 19.4. The van der Waals surface area contributed by atoms with Crippen molar-refractivity contribution < 1.29 is 18.8 Å². The predicted molar refractivity (Wildman–Crippen MR) is 98.0 cm³/mol. The highest BCUT2D eigenvalue weighted by atomic mass is 16.5. The molecule has 3 rings (SSSR count). The monoisotopic (exact) mass is 374 g/mol. The molecule has 1 amide bonds. The van der Waals surface area contributed by atoms with Gasteiger partial charge in [-0.25, -0.2) is 0 Å². The van der Waals surface area contributed by atoms with Gasteiger partial charge in [-0.15, -0.1) is 0 Å². The van der Waals surface area contributed by atoms with E-state index in [2.05, 4.69) is 15.1 Å². The average molecular weight is 374 g/mol. The number of ether oxygens (including phenoxy) is 2. The maximum atomic E-state index is 12.5. The molecule has 0 N–H and O–H groups in total. The highest BCUT2D eigenvalue weighted by molar-refractivity contribution is 5.77. The van der Waals surface area contributed by atoms with Crippen LogP contribution < -0.4 is 0 Å². The van der Waals surface area contributed by atoms with Crippen LogP contribution in [0.2, 0.25) is 0 Å². The van der Waals surface area contributed by atoms with E-state index in [0.717, 1.165) is 18.4 Å². The second kappa shape index (κ2) is 9.05. The van der Waals surface area contributed by atoms with Crippen molar-refractivity contribution in [1.29, 1.82) is 0 Å². The van der Waals surface area contributed by atoms with Crippen LogP contribution in [0.4, 0.5) is 0 Å². The number of hydrogen-bond acceptors (Lipinski definition) is 7. The molecule has 0 aliphatic carbocycles. The Kier molecular flexibility index (Phi) is 6.52. The maximum absolute atomic E-state index is 12.5. The van der Waals surface area contributed by atoms with Crippen molar-refractivity contribution in [1.82, 2.24) is 20.0 Å². The summed E-state index contributed by atoms with van der Waals surface area (Å²) >= 11 is 0. The normalized spacial score (nSPS) is 20.0. The number of aromatic nitrogens is 3. The molecule has 2 aromatic rings. The molecule has 0 spiro atoms. The molecule has 1 fully saturated rings. The van der Waals surface area contributed by atoms with Gasteiger partial charge in [0, 0.05) is 45.8 Å². The van der Waals surface area contributed by atoms with Gasteiger partial charge in [0.1, 0.15) is 6.61 Å². The number of likely N-dealkylation sites (tertiary alicyclic amines) is 1. The molecule has 1 aliphatic heterocycles. The molecule has 0 saturated carbocycles. The summed E-state index contributed by atoms with van der Waals surface area (Å²) in [5.41, 5.74) is 0.387. The lowest BCUT2D eigenvalue weighted by molar-refractivity contribution is -0.138. The van der Waals surface area contributed by atoms with E-state index in [-0.39, 0.29) is 17.9 Å². The lowest BCUT2D eigenvalue weighted by Crippen LogP contribution is -2.50. The zero-order valence-corrected chi connectivity index (χ0v) is 15.9. The van der Waals surface area contributed by atoms with Gasteiger partial charge in [0.25, 0.3) is 5.89 Å². The summed E-state index contributed by atoms with van der Waals surface area (Å²) in [6.07, 6.45) is 5.86. The second-order valence-electron chi connectivity index (χ2n) is 6.74. The van der Waals surface area contributed by atoms with E-state index in [9.17, 15) is 4.79 Å². The number of piperidine rings is 1. The third-order valence-electron chi connectivity index (χ3n) is 4.95. The molecule has 1 atom stereocenters. The van der Waals surface area contributed by atoms with Crippen LogP contribution in [0.5, 0.6) is 0 Å². The largest absolute Gasteiger partial charge is 0.385 e. The number of hydrogen-bond donors (Lipinski definition) is 0. The minimum atomic E-state index is -0.389. The van der Waals surface area contributed by atoms with Crippen LogP contribution in [0, 0.1) is 0 Å². The van der Waals surface area contributed by atoms with Crippen LogP contribution in [0.1, 0.15) is 32.0 Å². The van der Waals surface area contributed by atoms with Crippen molar-refractivity contribution in [2.45, 2.75) is 31.6 Å². The Morgan fingerprint density at radius 2 is 2.33 bits per heavy atom. The van der Waals surface area contributed by atoms with E-state index in [1.165, 1.54) is 0 Å². The summed E-state index contributed by atoms with van der Waals surface area (Å²) in [6.45, 7) is 4.32. The summed E-state index contributed by atoms with van der Waals surface area (Å²) in [4.78, 5) is 23.1. The summed E-state index contributed by atoms with van der Waals surface area (Å²) in [7, 11) is 1.67. The Morgan fingerprint density at radius 3 is 3.07 bits per heavy atom. The standard InChI is InChI=1S/C19H26N4O4/c1-3-26-13-16(24)23-10-5-7-19(14-23,8-11-25-2)18-21-17(27-22-18)15-6-4-9-20-12-15/h4,6,9,12H,3,5,7-8,10-11,13-14H2,1-2H3. The van der Waals surface area contributed by atoms with Gasteiger partial charge >= 0.3 is 0 Å². The van der Waals surface area contributed by atoms with Gasteiger partial charge < -0.3 is 18.9 Å². The molecule has 0 radical (unpaired) electrons. The molecule has 1 unspecified atom stereocenters. The summed E-state index contributed by atoms with van der Waals surface area (Å²) in [5.74, 6) is 1.05. The van der Waals surface area contributed by atoms with E-state index in [1.54, 1.807) is 19.5 Å². The third-order valence-corrected chi connectivity index (χ3v) is 4.95. The van der Waals surface area contributed by atoms with Crippen LogP contribution in [0.3, 0.4) is 0 Å². The fourth-order valence-corrected chi connectivity index (χ4v) is 3.47. The van der Waals surface area contributed by atoms with Crippen molar-refractivity contribution in [2.75, 3.05) is 40.0 Å². The quantitative estimate of drug-likeness (QED) is 0.698. The zero-order valence-electron chi connectivity index (χ0n) is 15.9. The van der Waals surface area contributed by atoms with E-state index in [4.69, 9.17) is 14.0 Å². The van der Waals surface area contributed by atoms with Gasteiger partial charge in [-0.05, 0) is 38.3 Å². The Morgan fingerprint density at radius 1 is 1.44 bits per heavy atom. The van der Waals surface area contributed by atoms with Crippen molar-refractivity contribution in [3.63, 3.8) is 0 Å². The number of amides is 1. The molecule has 2 aromatic heterocycles. The Labute approximate surface area is 158 Å². The molecular weight excluding hydrogens is 348 g/mol. The smallest absolute Gasteiger partial charge is 0.259 e. The topological polar surface area (TPSA) is 90.6 Å². The molecule has 0 bridgehead atoms. The minimum absolute atomic E-state index is 0.00526. The van der Waals surface area contributed by atoms with Gasteiger partial charge in [-0.2, -0.15) is 4.98 Å². The lowest BCUT2D eigenvalue weighted by Gasteiger charge is -2.40. The first-order chi connectivity index (χ1) is 13.2. The number of methoxy groups -OCH3 is 1. The molecule has 1 aliphatic rings. The van der Waals surface area contributed by atoms with E-state index >= 15 is 0 Å². The molecule has 8 heteroatoms. The van der Waals surface area contributed by atoms with Crippen molar-refractivity contribution in [3.05, 3.63) is 30.4 Å². The van der Waals surface area contributed by atoms with Crippen LogP contribution in [0.15, 0.2) is 29.0 Å².